The van der Waals surface area contributed by atoms with Crippen LogP contribution in [-0.4, -0.2) is 35.7 Å². The number of rotatable bonds is 6. The van der Waals surface area contributed by atoms with Crippen molar-refractivity contribution in [2.45, 2.75) is 13.0 Å². The number of hydrogen-bond donors (Lipinski definition) is 2. The number of halogens is 1. The predicted octanol–water partition coefficient (Wildman–Crippen LogP) is 1.42. The topological polar surface area (TPSA) is 82.2 Å². The van der Waals surface area contributed by atoms with Gasteiger partial charge in [-0.25, -0.2) is 4.98 Å². The second kappa shape index (κ2) is 6.58. The van der Waals surface area contributed by atoms with Crippen LogP contribution in [0.5, 0.6) is 0 Å². The first-order chi connectivity index (χ1) is 9.63. The maximum Gasteiger partial charge on any atom is 0.221 e. The quantitative estimate of drug-likeness (QED) is 0.790. The van der Waals surface area contributed by atoms with E-state index in [-0.39, 0.29) is 5.91 Å². The molecule has 108 valence electrons. The van der Waals surface area contributed by atoms with Crippen molar-refractivity contribution in [1.82, 2.24) is 14.9 Å². The summed E-state index contributed by atoms with van der Waals surface area (Å²) in [6, 6.07) is 5.44. The zero-order valence-corrected chi connectivity index (χ0v) is 12.0. The number of amides is 1. The van der Waals surface area contributed by atoms with Crippen molar-refractivity contribution in [3.8, 4) is 0 Å². The minimum absolute atomic E-state index is 0.0599. The highest BCUT2D eigenvalue weighted by atomic mass is 35.5. The lowest BCUT2D eigenvalue weighted by molar-refractivity contribution is -0.121. The molecule has 6 nitrogen and oxygen atoms in total. The number of carbonyl (C=O) groups excluding carboxylic acids is 1. The van der Waals surface area contributed by atoms with E-state index in [1.165, 1.54) is 0 Å². The zero-order chi connectivity index (χ0) is 14.5. The summed E-state index contributed by atoms with van der Waals surface area (Å²) in [6.07, 6.45) is 0.310. The highest BCUT2D eigenvalue weighted by Crippen LogP contribution is 2.25. The van der Waals surface area contributed by atoms with Gasteiger partial charge in [-0.2, -0.15) is 0 Å². The van der Waals surface area contributed by atoms with Crippen molar-refractivity contribution in [2.24, 2.45) is 0 Å². The van der Waals surface area contributed by atoms with Crippen LogP contribution in [0.1, 0.15) is 6.42 Å². The monoisotopic (exact) mass is 296 g/mol. The van der Waals surface area contributed by atoms with Crippen molar-refractivity contribution in [1.29, 1.82) is 0 Å². The van der Waals surface area contributed by atoms with E-state index in [2.05, 4.69) is 10.3 Å². The minimum Gasteiger partial charge on any atom is -0.383 e. The van der Waals surface area contributed by atoms with E-state index < -0.39 is 0 Å². The third-order valence-electron chi connectivity index (χ3n) is 2.94. The molecule has 0 saturated heterocycles. The van der Waals surface area contributed by atoms with Crippen LogP contribution in [0, 0.1) is 0 Å². The van der Waals surface area contributed by atoms with Crippen molar-refractivity contribution < 1.29 is 9.53 Å². The van der Waals surface area contributed by atoms with Gasteiger partial charge in [-0.1, -0.05) is 17.7 Å². The molecule has 20 heavy (non-hydrogen) atoms. The number of imidazole rings is 1. The molecule has 0 unspecified atom stereocenters. The Morgan fingerprint density at radius 2 is 2.35 bits per heavy atom. The van der Waals surface area contributed by atoms with Gasteiger partial charge in [-0.3, -0.25) is 4.79 Å². The maximum absolute atomic E-state index is 11.7. The molecule has 0 spiro atoms. The Morgan fingerprint density at radius 1 is 1.55 bits per heavy atom. The van der Waals surface area contributed by atoms with Crippen molar-refractivity contribution in [3.05, 3.63) is 23.2 Å². The van der Waals surface area contributed by atoms with Crippen LogP contribution in [0.2, 0.25) is 5.02 Å². The molecule has 0 aliphatic heterocycles. The fourth-order valence-electron chi connectivity index (χ4n) is 1.98. The van der Waals surface area contributed by atoms with Gasteiger partial charge in [-0.15, -0.1) is 0 Å². The number of methoxy groups -OCH3 is 1. The molecule has 0 aliphatic rings. The molecule has 0 aliphatic carbocycles. The lowest BCUT2D eigenvalue weighted by Gasteiger charge is -2.08. The zero-order valence-electron chi connectivity index (χ0n) is 11.2. The normalized spacial score (nSPS) is 10.9. The average molecular weight is 297 g/mol. The molecule has 1 aromatic carbocycles. The van der Waals surface area contributed by atoms with E-state index in [1.807, 2.05) is 12.1 Å². The van der Waals surface area contributed by atoms with E-state index in [9.17, 15) is 4.79 Å². The van der Waals surface area contributed by atoms with Crippen LogP contribution < -0.4 is 11.1 Å². The number of fused-ring (bicyclic) bond motifs is 1. The molecule has 0 bridgehead atoms. The molecule has 1 aromatic heterocycles. The summed E-state index contributed by atoms with van der Waals surface area (Å²) in [4.78, 5) is 15.9. The van der Waals surface area contributed by atoms with E-state index in [0.29, 0.717) is 37.1 Å². The van der Waals surface area contributed by atoms with E-state index in [4.69, 9.17) is 22.1 Å². The first kappa shape index (κ1) is 14.6. The predicted molar refractivity (Wildman–Crippen MR) is 78.7 cm³/mol. The Bertz CT molecular complexity index is 612. The molecular weight excluding hydrogens is 280 g/mol. The number of nitrogen functional groups attached to an aromatic ring is 1. The Hall–Kier alpha value is -1.79. The molecule has 2 aromatic rings. The van der Waals surface area contributed by atoms with E-state index >= 15 is 0 Å². The summed E-state index contributed by atoms with van der Waals surface area (Å²) in [6.45, 7) is 1.43. The smallest absolute Gasteiger partial charge is 0.221 e. The molecule has 2 rings (SSSR count). The lowest BCUT2D eigenvalue weighted by Crippen LogP contribution is -2.27. The van der Waals surface area contributed by atoms with E-state index in [1.54, 1.807) is 17.7 Å². The number of carbonyl (C=O) groups is 1. The molecule has 0 fully saturated rings. The van der Waals surface area contributed by atoms with Gasteiger partial charge in [0.2, 0.25) is 11.9 Å². The van der Waals surface area contributed by atoms with Crippen LogP contribution in [0.3, 0.4) is 0 Å². The van der Waals surface area contributed by atoms with Gasteiger partial charge < -0.3 is 20.4 Å². The van der Waals surface area contributed by atoms with Crippen LogP contribution >= 0.6 is 11.6 Å². The Kier molecular flexibility index (Phi) is 4.81. The van der Waals surface area contributed by atoms with Gasteiger partial charge in [0.25, 0.3) is 0 Å². The van der Waals surface area contributed by atoms with Gasteiger partial charge in [0, 0.05) is 26.6 Å². The highest BCUT2D eigenvalue weighted by molar-refractivity contribution is 6.35. The molecule has 1 amide bonds. The van der Waals surface area contributed by atoms with Gasteiger partial charge in [-0.05, 0) is 12.1 Å². The molecule has 0 saturated carbocycles. The summed E-state index contributed by atoms with van der Waals surface area (Å²) >= 11 is 6.16. The molecule has 3 N–H and O–H groups in total. The summed E-state index contributed by atoms with van der Waals surface area (Å²) in [5.74, 6) is 0.299. The summed E-state index contributed by atoms with van der Waals surface area (Å²) in [7, 11) is 1.59. The van der Waals surface area contributed by atoms with Gasteiger partial charge in [0.15, 0.2) is 0 Å². The number of benzene rings is 1. The van der Waals surface area contributed by atoms with Gasteiger partial charge in [0.05, 0.1) is 22.7 Å². The van der Waals surface area contributed by atoms with Crippen molar-refractivity contribution in [3.63, 3.8) is 0 Å². The first-order valence-electron chi connectivity index (χ1n) is 6.29. The number of nitrogens with zero attached hydrogens (tertiary/aromatic N) is 2. The Labute approximate surface area is 121 Å². The number of aromatic nitrogens is 2. The van der Waals surface area contributed by atoms with Crippen LogP contribution in [0.25, 0.3) is 11.0 Å². The van der Waals surface area contributed by atoms with Crippen molar-refractivity contribution >= 4 is 34.5 Å². The second-order valence-corrected chi connectivity index (χ2v) is 4.73. The first-order valence-corrected chi connectivity index (χ1v) is 6.67. The number of aryl methyl sites for hydroxylation is 1. The summed E-state index contributed by atoms with van der Waals surface area (Å²) in [5, 5.41) is 3.33. The third-order valence-corrected chi connectivity index (χ3v) is 3.24. The number of hydrogen-bond acceptors (Lipinski definition) is 4. The molecule has 0 radical (unpaired) electrons. The number of para-hydroxylation sites is 1. The summed E-state index contributed by atoms with van der Waals surface area (Å²) < 4.78 is 6.63. The lowest BCUT2D eigenvalue weighted by atomic mass is 10.3. The highest BCUT2D eigenvalue weighted by Gasteiger charge is 2.12. The number of ether oxygens (including phenoxy) is 1. The van der Waals surface area contributed by atoms with Gasteiger partial charge in [0.1, 0.15) is 0 Å². The Balaban J connectivity index is 2.06. The minimum atomic E-state index is -0.0599. The number of nitrogens with one attached hydrogen (secondary N) is 1. The van der Waals surface area contributed by atoms with E-state index in [0.717, 1.165) is 11.0 Å². The van der Waals surface area contributed by atoms with Crippen molar-refractivity contribution in [2.75, 3.05) is 26.0 Å². The van der Waals surface area contributed by atoms with Gasteiger partial charge >= 0.3 is 0 Å². The van der Waals surface area contributed by atoms with Crippen LogP contribution in [-0.2, 0) is 16.1 Å². The number of nitrogens with two attached hydrogens (primary N) is 1. The molecule has 0 atom stereocenters. The number of anilines is 1. The summed E-state index contributed by atoms with van der Waals surface area (Å²) in [5.41, 5.74) is 7.36. The SMILES string of the molecule is COCCNC(=O)CCn1c(N)nc2cccc(Cl)c21. The maximum atomic E-state index is 11.7. The standard InChI is InChI=1S/C13H17ClN4O2/c1-20-8-6-16-11(19)5-7-18-12-9(14)3-2-4-10(12)17-13(18)15/h2-4H,5-8H2,1H3,(H2,15,17)(H,16,19). The second-order valence-electron chi connectivity index (χ2n) is 4.32. The third kappa shape index (κ3) is 3.20. The molecule has 7 heteroatoms. The average Bonchev–Trinajstić information content (AvgIpc) is 2.74. The Morgan fingerprint density at radius 3 is 3.10 bits per heavy atom. The fraction of sp³-hybridized carbons (Fsp3) is 0.385. The van der Waals surface area contributed by atoms with Crippen LogP contribution in [0.4, 0.5) is 5.95 Å². The fourth-order valence-corrected chi connectivity index (χ4v) is 2.25. The van der Waals surface area contributed by atoms with Crippen LogP contribution in [0.15, 0.2) is 18.2 Å². The molecule has 1 heterocycles. The molecular formula is C13H17ClN4O2. The largest absolute Gasteiger partial charge is 0.383 e.